The van der Waals surface area contributed by atoms with E-state index in [0.29, 0.717) is 19.6 Å². The number of hydrogen-bond donors (Lipinski definition) is 1. The lowest BCUT2D eigenvalue weighted by Gasteiger charge is -2.26. The zero-order valence-electron chi connectivity index (χ0n) is 12.9. The molecule has 0 fully saturated rings. The molecule has 0 radical (unpaired) electrons. The molecule has 6 heteroatoms. The van der Waals surface area contributed by atoms with Gasteiger partial charge in [0.2, 0.25) is 0 Å². The highest BCUT2D eigenvalue weighted by Crippen LogP contribution is 2.62. The SMILES string of the molecule is CC(C)(C)C(=O)CCOCCOP(=O)(S)C(C)(C)C. The zero-order valence-corrected chi connectivity index (χ0v) is 14.6. The van der Waals surface area contributed by atoms with Crippen molar-refractivity contribution in [1.82, 2.24) is 0 Å². The minimum Gasteiger partial charge on any atom is -0.379 e. The second-order valence-electron chi connectivity index (χ2n) is 6.56. The Labute approximate surface area is 122 Å². The Morgan fingerprint density at radius 1 is 1.05 bits per heavy atom. The van der Waals surface area contributed by atoms with Crippen LogP contribution in [0.15, 0.2) is 0 Å². The molecule has 0 aromatic heterocycles. The van der Waals surface area contributed by atoms with Crippen LogP contribution in [0.25, 0.3) is 0 Å². The highest BCUT2D eigenvalue weighted by molar-refractivity contribution is 8.46. The molecule has 0 spiro atoms. The molecule has 0 saturated carbocycles. The van der Waals surface area contributed by atoms with Gasteiger partial charge in [-0.15, -0.1) is 0 Å². The third-order valence-electron chi connectivity index (χ3n) is 2.65. The minimum absolute atomic E-state index is 0.169. The number of Topliss-reactive ketones (excluding diaryl/α,β-unsaturated/α-hetero) is 1. The molecular formula is C13H27O4PS. The summed E-state index contributed by atoms with van der Waals surface area (Å²) in [6.07, 6.45) is 0.390. The topological polar surface area (TPSA) is 52.6 Å². The highest BCUT2D eigenvalue weighted by Gasteiger charge is 2.34. The fourth-order valence-corrected chi connectivity index (χ4v) is 2.01. The van der Waals surface area contributed by atoms with Gasteiger partial charge in [0.1, 0.15) is 5.78 Å². The Hall–Kier alpha value is 0.170. The first-order valence-electron chi connectivity index (χ1n) is 6.46. The smallest absolute Gasteiger partial charge is 0.259 e. The summed E-state index contributed by atoms with van der Waals surface area (Å²) in [4.78, 5) is 11.6. The van der Waals surface area contributed by atoms with E-state index in [4.69, 9.17) is 9.26 Å². The van der Waals surface area contributed by atoms with Gasteiger partial charge < -0.3 is 9.26 Å². The van der Waals surface area contributed by atoms with E-state index in [9.17, 15) is 9.36 Å². The highest BCUT2D eigenvalue weighted by atomic mass is 32.7. The molecule has 0 aromatic carbocycles. The summed E-state index contributed by atoms with van der Waals surface area (Å²) in [6, 6.07) is 0. The lowest BCUT2D eigenvalue weighted by Crippen LogP contribution is -2.22. The predicted octanol–water partition coefficient (Wildman–Crippen LogP) is 3.95. The first-order chi connectivity index (χ1) is 8.38. The summed E-state index contributed by atoms with van der Waals surface area (Å²) < 4.78 is 22.6. The zero-order chi connectivity index (χ0) is 15.3. The van der Waals surface area contributed by atoms with Crippen molar-refractivity contribution in [2.45, 2.75) is 53.1 Å². The summed E-state index contributed by atoms with van der Waals surface area (Å²) >= 11 is 4.09. The molecule has 0 amide bonds. The first-order valence-corrected chi connectivity index (χ1v) is 9.24. The van der Waals surface area contributed by atoms with Crippen molar-refractivity contribution in [2.75, 3.05) is 19.8 Å². The largest absolute Gasteiger partial charge is 0.379 e. The lowest BCUT2D eigenvalue weighted by atomic mass is 9.89. The van der Waals surface area contributed by atoms with Gasteiger partial charge in [0.15, 0.2) is 0 Å². The van der Waals surface area contributed by atoms with Crippen LogP contribution in [0, 0.1) is 5.41 Å². The summed E-state index contributed by atoms with van der Waals surface area (Å²) in [6.45, 7) is 9.12. The molecule has 0 aliphatic heterocycles. The Bertz CT molecular complexity index is 342. The van der Waals surface area contributed by atoms with E-state index in [-0.39, 0.29) is 17.8 Å². The molecule has 0 saturated heterocycles. The van der Waals surface area contributed by atoms with Crippen LogP contribution in [0.2, 0.25) is 0 Å². The Kier molecular flexibility index (Phi) is 7.32. The van der Waals surface area contributed by atoms with E-state index in [2.05, 4.69) is 12.2 Å². The molecule has 0 aromatic rings. The fourth-order valence-electron chi connectivity index (χ4n) is 1.06. The molecule has 0 N–H and O–H groups in total. The van der Waals surface area contributed by atoms with Crippen molar-refractivity contribution in [3.63, 3.8) is 0 Å². The average molecular weight is 310 g/mol. The maximum atomic E-state index is 12.0. The van der Waals surface area contributed by atoms with Gasteiger partial charge in [-0.25, -0.2) is 0 Å². The van der Waals surface area contributed by atoms with E-state index in [1.165, 1.54) is 0 Å². The van der Waals surface area contributed by atoms with E-state index in [0.717, 1.165) is 0 Å². The summed E-state index contributed by atoms with van der Waals surface area (Å²) in [5.41, 5.74) is -0.326. The van der Waals surface area contributed by atoms with Crippen molar-refractivity contribution in [2.24, 2.45) is 5.41 Å². The first kappa shape index (κ1) is 19.2. The quantitative estimate of drug-likeness (QED) is 0.439. The van der Waals surface area contributed by atoms with Crippen molar-refractivity contribution in [1.29, 1.82) is 0 Å². The van der Waals surface area contributed by atoms with Crippen LogP contribution in [0.3, 0.4) is 0 Å². The number of thiol groups is 1. The van der Waals surface area contributed by atoms with Gasteiger partial charge in [-0.05, 0) is 0 Å². The fraction of sp³-hybridized carbons (Fsp3) is 0.923. The molecule has 0 aliphatic rings. The Balaban J connectivity index is 3.79. The standard InChI is InChI=1S/C13H27O4PS/c1-12(2,3)11(14)7-8-16-9-10-17-18(15,19)13(4,5)6/h7-10H2,1-6H3,(H,15,19). The maximum absolute atomic E-state index is 12.0. The second-order valence-corrected chi connectivity index (χ2v) is 10.8. The third-order valence-corrected chi connectivity index (χ3v) is 7.03. The van der Waals surface area contributed by atoms with Gasteiger partial charge in [0, 0.05) is 17.0 Å². The van der Waals surface area contributed by atoms with Crippen LogP contribution >= 0.6 is 18.8 Å². The van der Waals surface area contributed by atoms with E-state index in [1.54, 1.807) is 0 Å². The van der Waals surface area contributed by atoms with Crippen molar-refractivity contribution >= 4 is 24.6 Å². The molecular weight excluding hydrogens is 283 g/mol. The Morgan fingerprint density at radius 2 is 1.58 bits per heavy atom. The normalized spacial score (nSPS) is 16.2. The molecule has 4 nitrogen and oxygen atoms in total. The van der Waals surface area contributed by atoms with Crippen LogP contribution in [0.4, 0.5) is 0 Å². The molecule has 1 unspecified atom stereocenters. The molecule has 19 heavy (non-hydrogen) atoms. The second kappa shape index (κ2) is 7.26. The molecule has 0 rings (SSSR count). The van der Waals surface area contributed by atoms with E-state index >= 15 is 0 Å². The predicted molar refractivity (Wildman–Crippen MR) is 82.2 cm³/mol. The van der Waals surface area contributed by atoms with Gasteiger partial charge in [-0.2, -0.15) is 0 Å². The number of ether oxygens (including phenoxy) is 1. The van der Waals surface area contributed by atoms with Gasteiger partial charge in [0.05, 0.1) is 19.8 Å². The Morgan fingerprint density at radius 3 is 2.00 bits per heavy atom. The molecule has 0 heterocycles. The molecule has 1 atom stereocenters. The lowest BCUT2D eigenvalue weighted by molar-refractivity contribution is -0.127. The van der Waals surface area contributed by atoms with Crippen LogP contribution in [-0.2, 0) is 18.6 Å². The van der Waals surface area contributed by atoms with Crippen molar-refractivity contribution < 1.29 is 18.6 Å². The molecule has 0 aliphatic carbocycles. The number of ketones is 1. The van der Waals surface area contributed by atoms with E-state index in [1.807, 2.05) is 41.5 Å². The number of rotatable bonds is 7. The minimum atomic E-state index is -2.92. The summed E-state index contributed by atoms with van der Waals surface area (Å²) in [7, 11) is 0. The average Bonchev–Trinajstić information content (AvgIpc) is 2.19. The van der Waals surface area contributed by atoms with Crippen molar-refractivity contribution in [3.8, 4) is 0 Å². The monoisotopic (exact) mass is 310 g/mol. The van der Waals surface area contributed by atoms with Crippen LogP contribution < -0.4 is 0 Å². The molecule has 114 valence electrons. The van der Waals surface area contributed by atoms with Gasteiger partial charge in [-0.3, -0.25) is 9.36 Å². The van der Waals surface area contributed by atoms with Crippen LogP contribution in [-0.4, -0.2) is 30.8 Å². The third kappa shape index (κ3) is 7.50. The number of carbonyl (C=O) groups is 1. The number of carbonyl (C=O) groups excluding carboxylic acids is 1. The van der Waals surface area contributed by atoms with Gasteiger partial charge in [0.25, 0.3) is 6.57 Å². The van der Waals surface area contributed by atoms with Crippen LogP contribution in [0.1, 0.15) is 48.0 Å². The summed E-state index contributed by atoms with van der Waals surface area (Å²) in [5, 5.41) is -0.488. The summed E-state index contributed by atoms with van der Waals surface area (Å²) in [5.74, 6) is 0.169. The van der Waals surface area contributed by atoms with Gasteiger partial charge in [-0.1, -0.05) is 53.8 Å². The van der Waals surface area contributed by atoms with E-state index < -0.39 is 11.7 Å². The molecule has 0 bridgehead atoms. The van der Waals surface area contributed by atoms with Gasteiger partial charge >= 0.3 is 0 Å². The number of hydrogen-bond acceptors (Lipinski definition) is 4. The maximum Gasteiger partial charge on any atom is 0.259 e. The van der Waals surface area contributed by atoms with Crippen LogP contribution in [0.5, 0.6) is 0 Å². The van der Waals surface area contributed by atoms with Crippen molar-refractivity contribution in [3.05, 3.63) is 0 Å².